The second-order valence-electron chi connectivity index (χ2n) is 7.35. The van der Waals surface area contributed by atoms with Gasteiger partial charge in [-0.3, -0.25) is 14.3 Å². The number of aromatic amines is 1. The Morgan fingerprint density at radius 3 is 2.79 bits per heavy atom. The fourth-order valence-corrected chi connectivity index (χ4v) is 4.89. The molecule has 2 N–H and O–H groups in total. The minimum atomic E-state index is -3.37. The van der Waals surface area contributed by atoms with Gasteiger partial charge in [-0.2, -0.15) is 13.9 Å². The lowest BCUT2D eigenvalue weighted by Crippen LogP contribution is -2.35. The van der Waals surface area contributed by atoms with Crippen molar-refractivity contribution in [2.24, 2.45) is 0 Å². The summed E-state index contributed by atoms with van der Waals surface area (Å²) in [7, 11) is -3.37. The Morgan fingerprint density at radius 2 is 2.00 bits per heavy atom. The van der Waals surface area contributed by atoms with Gasteiger partial charge in [0.25, 0.3) is 5.56 Å². The molecule has 1 unspecified atom stereocenters. The molecule has 10 heteroatoms. The van der Waals surface area contributed by atoms with Crippen molar-refractivity contribution in [3.63, 3.8) is 0 Å². The van der Waals surface area contributed by atoms with Gasteiger partial charge in [-0.25, -0.2) is 4.79 Å². The summed E-state index contributed by atoms with van der Waals surface area (Å²) in [5, 5.41) is 0. The molecule has 1 aromatic rings. The van der Waals surface area contributed by atoms with Crippen LogP contribution >= 0.6 is 8.17 Å². The maximum absolute atomic E-state index is 12.1. The Labute approximate surface area is 164 Å². The minimum Gasteiger partial charge on any atom is -0.349 e. The molecule has 0 aromatic carbocycles. The van der Waals surface area contributed by atoms with Gasteiger partial charge < -0.3 is 4.74 Å². The van der Waals surface area contributed by atoms with E-state index in [4.69, 9.17) is 18.3 Å². The fourth-order valence-electron chi connectivity index (χ4n) is 3.43. The molecule has 0 aliphatic carbocycles. The molecule has 2 saturated heterocycles. The molecule has 1 aromatic heterocycles. The molecule has 0 radical (unpaired) electrons. The Hall–Kier alpha value is -1.09. The van der Waals surface area contributed by atoms with Crippen LogP contribution in [0.15, 0.2) is 15.8 Å². The van der Waals surface area contributed by atoms with Crippen molar-refractivity contribution in [3.05, 3.63) is 32.6 Å². The van der Waals surface area contributed by atoms with Gasteiger partial charge >= 0.3 is 13.9 Å². The highest BCUT2D eigenvalue weighted by Crippen LogP contribution is 2.63. The molecule has 9 nitrogen and oxygen atoms in total. The van der Waals surface area contributed by atoms with Crippen LogP contribution in [-0.2, 0) is 18.3 Å². The zero-order chi connectivity index (χ0) is 20.1. The van der Waals surface area contributed by atoms with Gasteiger partial charge in [0, 0.05) is 18.2 Å². The first kappa shape index (κ1) is 21.6. The Balaban J connectivity index is 1.51. The molecule has 3 rings (SSSR count). The molecular formula is C18H30N2O7P+. The topological polar surface area (TPSA) is 112 Å². The maximum Gasteiger partial charge on any atom is 0.573 e. The first-order valence-corrected chi connectivity index (χ1v) is 11.5. The van der Waals surface area contributed by atoms with E-state index in [1.807, 2.05) is 0 Å². The monoisotopic (exact) mass is 417 g/mol. The van der Waals surface area contributed by atoms with Crippen molar-refractivity contribution in [3.8, 4) is 0 Å². The van der Waals surface area contributed by atoms with E-state index in [1.54, 1.807) is 6.92 Å². The van der Waals surface area contributed by atoms with Crippen LogP contribution in [0.3, 0.4) is 0 Å². The zero-order valence-electron chi connectivity index (χ0n) is 16.5. The highest BCUT2D eigenvalue weighted by atomic mass is 31.2. The predicted molar refractivity (Wildman–Crippen MR) is 104 cm³/mol. The number of unbranched alkanes of at least 4 members (excludes halogenated alkanes) is 5. The fraction of sp³-hybridized carbons (Fsp3) is 0.778. The number of hydrogen-bond acceptors (Lipinski definition) is 7. The summed E-state index contributed by atoms with van der Waals surface area (Å²) in [6.07, 6.45) is 7.13. The highest BCUT2D eigenvalue weighted by Gasteiger charge is 2.57. The van der Waals surface area contributed by atoms with E-state index in [-0.39, 0.29) is 6.61 Å². The van der Waals surface area contributed by atoms with Gasteiger partial charge in [-0.15, -0.1) is 4.52 Å². The molecule has 4 atom stereocenters. The standard InChI is InChI=1S/C18H29N2O7P/c1-3-4-5-6-7-8-9-24-28(23)25-12-15-14(27-28)10-16(26-15)20-11-13(2)17(21)19-18(20)22/h11,14-16,23H,3-10,12H2,1-2H3/p+1/t14-,15+,16+,28?/m0/s1. The van der Waals surface area contributed by atoms with Crippen LogP contribution in [0.2, 0.25) is 0 Å². The molecule has 2 aliphatic rings. The van der Waals surface area contributed by atoms with Gasteiger partial charge in [0.15, 0.2) is 0 Å². The van der Waals surface area contributed by atoms with Crippen molar-refractivity contribution in [1.82, 2.24) is 9.55 Å². The van der Waals surface area contributed by atoms with E-state index in [0.29, 0.717) is 18.6 Å². The molecule has 3 heterocycles. The van der Waals surface area contributed by atoms with Crippen LogP contribution in [0.4, 0.5) is 0 Å². The van der Waals surface area contributed by atoms with Gasteiger partial charge in [-0.1, -0.05) is 39.0 Å². The first-order chi connectivity index (χ1) is 13.4. The van der Waals surface area contributed by atoms with Gasteiger partial charge in [-0.05, 0) is 13.3 Å². The lowest BCUT2D eigenvalue weighted by molar-refractivity contribution is -0.0818. The maximum atomic E-state index is 12.1. The molecule has 0 saturated carbocycles. The predicted octanol–water partition coefficient (Wildman–Crippen LogP) is 2.59. The van der Waals surface area contributed by atoms with Crippen LogP contribution in [0.5, 0.6) is 0 Å². The molecule has 2 fully saturated rings. The number of H-pyrrole nitrogens is 1. The minimum absolute atomic E-state index is 0.138. The van der Waals surface area contributed by atoms with Crippen LogP contribution in [0, 0.1) is 6.92 Å². The van der Waals surface area contributed by atoms with Crippen LogP contribution in [-0.4, -0.2) is 39.9 Å². The Bertz CT molecular complexity index is 767. The number of nitrogens with zero attached hydrogens (tertiary/aromatic N) is 1. The third-order valence-corrected chi connectivity index (χ3v) is 6.58. The second kappa shape index (κ2) is 9.61. The molecular weight excluding hydrogens is 387 g/mol. The Morgan fingerprint density at radius 1 is 1.25 bits per heavy atom. The van der Waals surface area contributed by atoms with Crippen LogP contribution in [0.25, 0.3) is 0 Å². The molecule has 2 aliphatic heterocycles. The van der Waals surface area contributed by atoms with Crippen molar-refractivity contribution < 1.29 is 23.2 Å². The normalized spacial score (nSPS) is 29.8. The van der Waals surface area contributed by atoms with E-state index in [1.165, 1.54) is 30.0 Å². The largest absolute Gasteiger partial charge is 0.573 e. The number of hydrogen-bond donors (Lipinski definition) is 2. The molecule has 0 bridgehead atoms. The quantitative estimate of drug-likeness (QED) is 0.469. The van der Waals surface area contributed by atoms with Crippen molar-refractivity contribution in [2.75, 3.05) is 13.2 Å². The number of ether oxygens (including phenoxy) is 1. The van der Waals surface area contributed by atoms with E-state index in [0.717, 1.165) is 19.3 Å². The van der Waals surface area contributed by atoms with Crippen LogP contribution < -0.4 is 11.2 Å². The number of nitrogens with one attached hydrogen (secondary N) is 1. The van der Waals surface area contributed by atoms with E-state index >= 15 is 0 Å². The third-order valence-electron chi connectivity index (χ3n) is 5.06. The van der Waals surface area contributed by atoms with E-state index in [9.17, 15) is 14.5 Å². The highest BCUT2D eigenvalue weighted by molar-refractivity contribution is 7.55. The molecule has 0 spiro atoms. The van der Waals surface area contributed by atoms with E-state index in [2.05, 4.69) is 11.9 Å². The smallest absolute Gasteiger partial charge is 0.349 e. The summed E-state index contributed by atoms with van der Waals surface area (Å²) < 4.78 is 23.9. The number of rotatable bonds is 9. The van der Waals surface area contributed by atoms with Crippen LogP contribution in [0.1, 0.15) is 63.7 Å². The summed E-state index contributed by atoms with van der Waals surface area (Å²) in [5.74, 6) is 0. The average Bonchev–Trinajstić information content (AvgIpc) is 3.06. The lowest BCUT2D eigenvalue weighted by atomic mass is 10.1. The lowest BCUT2D eigenvalue weighted by Gasteiger charge is -2.26. The third kappa shape index (κ3) is 5.28. The van der Waals surface area contributed by atoms with Crippen molar-refractivity contribution in [2.45, 2.75) is 77.2 Å². The second-order valence-corrected chi connectivity index (χ2v) is 9.02. The van der Waals surface area contributed by atoms with E-state index < -0.39 is 37.9 Å². The molecule has 0 amide bonds. The number of aryl methyl sites for hydroxylation is 1. The summed E-state index contributed by atoms with van der Waals surface area (Å²) in [4.78, 5) is 36.4. The van der Waals surface area contributed by atoms with Gasteiger partial charge in [0.2, 0.25) is 0 Å². The van der Waals surface area contributed by atoms with Gasteiger partial charge in [0.1, 0.15) is 31.6 Å². The number of aromatic nitrogens is 2. The summed E-state index contributed by atoms with van der Waals surface area (Å²) >= 11 is 0. The zero-order valence-corrected chi connectivity index (χ0v) is 17.4. The first-order valence-electron chi connectivity index (χ1n) is 9.98. The Kier molecular flexibility index (Phi) is 7.42. The number of fused-ring (bicyclic) bond motifs is 1. The summed E-state index contributed by atoms with van der Waals surface area (Å²) in [6, 6.07) is 0. The summed E-state index contributed by atoms with van der Waals surface area (Å²) in [5.41, 5.74) is -0.536. The molecule has 158 valence electrons. The van der Waals surface area contributed by atoms with Gasteiger partial charge in [0.05, 0.1) is 0 Å². The average molecular weight is 417 g/mol. The van der Waals surface area contributed by atoms with Crippen molar-refractivity contribution >= 4 is 8.17 Å². The molecule has 28 heavy (non-hydrogen) atoms. The SMILES string of the molecule is CCCCCCCCO[P+]1(O)OC[C@H]2O[C@@H](n3cc(C)c(=O)[nH]c3=O)C[C@@H]2O1. The summed E-state index contributed by atoms with van der Waals surface area (Å²) in [6.45, 7) is 4.33. The van der Waals surface area contributed by atoms with Crippen molar-refractivity contribution in [1.29, 1.82) is 0 Å².